The largest absolute Gasteiger partial charge is 0.494 e. The van der Waals surface area contributed by atoms with Crippen molar-refractivity contribution in [3.8, 4) is 5.75 Å². The van der Waals surface area contributed by atoms with Gasteiger partial charge < -0.3 is 14.6 Å². The quantitative estimate of drug-likeness (QED) is 0.312. The number of unbranched alkanes of at least 4 members (excludes halogenated alkanes) is 1. The molecule has 33 heavy (non-hydrogen) atoms. The molecule has 0 aliphatic carbocycles. The van der Waals surface area contributed by atoms with E-state index in [1.807, 2.05) is 49.4 Å². The van der Waals surface area contributed by atoms with Crippen LogP contribution in [0.2, 0.25) is 5.02 Å². The molecule has 0 bridgehead atoms. The topological polar surface area (TPSA) is 56.1 Å². The number of hydrogen-bond acceptors (Lipinski definition) is 3. The van der Waals surface area contributed by atoms with E-state index in [0.717, 1.165) is 52.6 Å². The molecule has 0 radical (unpaired) electrons. The van der Waals surface area contributed by atoms with Crippen LogP contribution in [0.25, 0.3) is 11.0 Å². The molecule has 0 aliphatic rings. The van der Waals surface area contributed by atoms with E-state index in [2.05, 4.69) is 14.9 Å². The van der Waals surface area contributed by atoms with Crippen LogP contribution in [0.5, 0.6) is 5.75 Å². The van der Waals surface area contributed by atoms with Crippen molar-refractivity contribution < 1.29 is 13.9 Å². The molecule has 5 nitrogen and oxygen atoms in total. The first-order valence-corrected chi connectivity index (χ1v) is 11.3. The molecule has 0 atom stereocenters. The number of amides is 1. The molecule has 0 aliphatic heterocycles. The van der Waals surface area contributed by atoms with Crippen LogP contribution >= 0.6 is 11.6 Å². The lowest BCUT2D eigenvalue weighted by Gasteiger charge is -2.11. The van der Waals surface area contributed by atoms with Gasteiger partial charge in [-0.05, 0) is 67.8 Å². The second-order valence-corrected chi connectivity index (χ2v) is 8.20. The molecule has 0 saturated heterocycles. The van der Waals surface area contributed by atoms with Gasteiger partial charge in [0.25, 0.3) is 5.91 Å². The Labute approximate surface area is 197 Å². The molecule has 0 unspecified atom stereocenters. The van der Waals surface area contributed by atoms with Crippen LogP contribution in [0.15, 0.2) is 66.7 Å². The molecule has 3 aromatic carbocycles. The number of imidazole rings is 1. The van der Waals surface area contributed by atoms with Crippen LogP contribution in [0.3, 0.4) is 0 Å². The molecule has 7 heteroatoms. The van der Waals surface area contributed by atoms with Gasteiger partial charge in [-0.25, -0.2) is 9.37 Å². The summed E-state index contributed by atoms with van der Waals surface area (Å²) in [5, 5.41) is 3.52. The van der Waals surface area contributed by atoms with Gasteiger partial charge in [-0.3, -0.25) is 4.79 Å². The maximum Gasteiger partial charge on any atom is 0.254 e. The van der Waals surface area contributed by atoms with Gasteiger partial charge in [-0.2, -0.15) is 0 Å². The normalized spacial score (nSPS) is 11.0. The molecule has 4 rings (SSSR count). The Morgan fingerprint density at radius 3 is 2.70 bits per heavy atom. The van der Waals surface area contributed by atoms with Crippen molar-refractivity contribution in [2.24, 2.45) is 0 Å². The zero-order chi connectivity index (χ0) is 23.2. The van der Waals surface area contributed by atoms with Crippen molar-refractivity contribution in [3.63, 3.8) is 0 Å². The molecule has 1 amide bonds. The third kappa shape index (κ3) is 5.52. The van der Waals surface area contributed by atoms with Crippen LogP contribution in [-0.4, -0.2) is 22.1 Å². The van der Waals surface area contributed by atoms with E-state index in [1.54, 1.807) is 12.1 Å². The number of benzene rings is 3. The number of aryl methyl sites for hydroxylation is 2. The van der Waals surface area contributed by atoms with Crippen LogP contribution < -0.4 is 10.1 Å². The molecule has 0 spiro atoms. The van der Waals surface area contributed by atoms with Gasteiger partial charge >= 0.3 is 0 Å². The Hall–Kier alpha value is -3.38. The summed E-state index contributed by atoms with van der Waals surface area (Å²) in [6.07, 6.45) is 1.73. The Balaban J connectivity index is 1.38. The fourth-order valence-corrected chi connectivity index (χ4v) is 3.80. The summed E-state index contributed by atoms with van der Waals surface area (Å²) in [7, 11) is 0. The number of ether oxygens (including phenoxy) is 1. The first kappa shape index (κ1) is 22.8. The van der Waals surface area contributed by atoms with Gasteiger partial charge in [0.2, 0.25) is 0 Å². The Morgan fingerprint density at radius 1 is 1.09 bits per heavy atom. The van der Waals surface area contributed by atoms with Gasteiger partial charge in [0, 0.05) is 11.6 Å². The molecule has 170 valence electrons. The minimum atomic E-state index is -0.542. The first-order valence-electron chi connectivity index (χ1n) is 10.9. The second-order valence-electron chi connectivity index (χ2n) is 7.80. The summed E-state index contributed by atoms with van der Waals surface area (Å²) in [5.41, 5.74) is 2.87. The highest BCUT2D eigenvalue weighted by atomic mass is 35.5. The highest BCUT2D eigenvalue weighted by Gasteiger charge is 2.14. The van der Waals surface area contributed by atoms with Gasteiger partial charge in [-0.1, -0.05) is 35.9 Å². The predicted molar refractivity (Wildman–Crippen MR) is 128 cm³/mol. The molecular weight excluding hydrogens is 441 g/mol. The molecule has 1 heterocycles. The van der Waals surface area contributed by atoms with Gasteiger partial charge in [0.05, 0.1) is 29.7 Å². The first-order chi connectivity index (χ1) is 16.0. The summed E-state index contributed by atoms with van der Waals surface area (Å²) in [6.45, 7) is 3.48. The third-order valence-electron chi connectivity index (χ3n) is 5.43. The molecule has 4 aromatic rings. The number of aromatic nitrogens is 2. The third-order valence-corrected chi connectivity index (χ3v) is 5.86. The Morgan fingerprint density at radius 2 is 1.88 bits per heavy atom. The van der Waals surface area contributed by atoms with Crippen molar-refractivity contribution in [2.75, 3.05) is 6.61 Å². The van der Waals surface area contributed by atoms with Crippen molar-refractivity contribution in [1.29, 1.82) is 0 Å². The van der Waals surface area contributed by atoms with Crippen molar-refractivity contribution in [2.45, 2.75) is 32.9 Å². The summed E-state index contributed by atoms with van der Waals surface area (Å²) < 4.78 is 21.9. The highest BCUT2D eigenvalue weighted by molar-refractivity contribution is 6.31. The van der Waals surface area contributed by atoms with E-state index in [-0.39, 0.29) is 12.1 Å². The number of nitrogens with zero attached hydrogens (tertiary/aromatic N) is 2. The van der Waals surface area contributed by atoms with Crippen LogP contribution in [-0.2, 0) is 13.1 Å². The maximum atomic E-state index is 13.9. The average Bonchev–Trinajstić information content (AvgIpc) is 3.17. The van der Waals surface area contributed by atoms with E-state index in [1.165, 1.54) is 12.1 Å². The number of carbonyl (C=O) groups excluding carboxylic acids is 1. The number of carbonyl (C=O) groups is 1. The van der Waals surface area contributed by atoms with Crippen molar-refractivity contribution in [1.82, 2.24) is 14.9 Å². The standard InChI is InChI=1S/C26H25ClFN3O2/c1-18-16-19(12-13-21(18)27)33-15-7-6-14-31-24-11-5-4-10-23(24)30-25(31)17-29-26(32)20-8-2-3-9-22(20)28/h2-5,8-13,16H,6-7,14-15,17H2,1H3,(H,29,32). The summed E-state index contributed by atoms with van der Waals surface area (Å²) >= 11 is 6.06. The lowest BCUT2D eigenvalue weighted by molar-refractivity contribution is 0.0945. The minimum absolute atomic E-state index is 0.0229. The summed E-state index contributed by atoms with van der Waals surface area (Å²) in [4.78, 5) is 17.1. The smallest absolute Gasteiger partial charge is 0.254 e. The number of halogens is 2. The van der Waals surface area contributed by atoms with Gasteiger partial charge in [-0.15, -0.1) is 0 Å². The molecule has 0 saturated carbocycles. The maximum absolute atomic E-state index is 13.9. The monoisotopic (exact) mass is 465 g/mol. The van der Waals surface area contributed by atoms with Gasteiger partial charge in [0.1, 0.15) is 17.4 Å². The lowest BCUT2D eigenvalue weighted by Crippen LogP contribution is -2.25. The SMILES string of the molecule is Cc1cc(OCCCCn2c(CNC(=O)c3ccccc3F)nc3ccccc32)ccc1Cl. The second kappa shape index (κ2) is 10.5. The fraction of sp³-hybridized carbons (Fsp3) is 0.231. The van der Waals surface area contributed by atoms with Gasteiger partial charge in [0.15, 0.2) is 0 Å². The molecule has 1 N–H and O–H groups in total. The zero-order valence-corrected chi connectivity index (χ0v) is 19.1. The lowest BCUT2D eigenvalue weighted by atomic mass is 10.2. The van der Waals surface area contributed by atoms with E-state index < -0.39 is 11.7 Å². The van der Waals surface area contributed by atoms with E-state index in [0.29, 0.717) is 6.61 Å². The van der Waals surface area contributed by atoms with Crippen LogP contribution in [0, 0.1) is 12.7 Å². The summed E-state index contributed by atoms with van der Waals surface area (Å²) in [5.74, 6) is 0.536. The molecule has 0 fully saturated rings. The molecule has 1 aromatic heterocycles. The van der Waals surface area contributed by atoms with Crippen molar-refractivity contribution in [3.05, 3.63) is 94.5 Å². The number of fused-ring (bicyclic) bond motifs is 1. The highest BCUT2D eigenvalue weighted by Crippen LogP contribution is 2.21. The number of hydrogen-bond donors (Lipinski definition) is 1. The van der Waals surface area contributed by atoms with Crippen LogP contribution in [0.4, 0.5) is 4.39 Å². The number of nitrogens with one attached hydrogen (secondary N) is 1. The number of rotatable bonds is 9. The number of para-hydroxylation sites is 2. The van der Waals surface area contributed by atoms with Crippen molar-refractivity contribution >= 4 is 28.5 Å². The molecular formula is C26H25ClFN3O2. The average molecular weight is 466 g/mol. The van der Waals surface area contributed by atoms with Crippen LogP contribution in [0.1, 0.15) is 34.6 Å². The van der Waals surface area contributed by atoms with E-state index >= 15 is 0 Å². The Bertz CT molecular complexity index is 1270. The minimum Gasteiger partial charge on any atom is -0.494 e. The zero-order valence-electron chi connectivity index (χ0n) is 18.4. The summed E-state index contributed by atoms with van der Waals surface area (Å²) in [6, 6.07) is 19.4. The van der Waals surface area contributed by atoms with E-state index in [4.69, 9.17) is 16.3 Å². The van der Waals surface area contributed by atoms with E-state index in [9.17, 15) is 9.18 Å². The fourth-order valence-electron chi connectivity index (χ4n) is 3.68. The Kier molecular flexibility index (Phi) is 7.25. The predicted octanol–water partition coefficient (Wildman–Crippen LogP) is 5.93.